The van der Waals surface area contributed by atoms with E-state index in [-0.39, 0.29) is 11.5 Å². The van der Waals surface area contributed by atoms with Crippen LogP contribution in [-0.2, 0) is 6.42 Å². The van der Waals surface area contributed by atoms with Crippen LogP contribution in [0.4, 0.5) is 0 Å². The van der Waals surface area contributed by atoms with E-state index in [0.29, 0.717) is 29.0 Å². The summed E-state index contributed by atoms with van der Waals surface area (Å²) in [5.41, 5.74) is 2.69. The van der Waals surface area contributed by atoms with Gasteiger partial charge < -0.3 is 9.15 Å². The van der Waals surface area contributed by atoms with Gasteiger partial charge in [-0.05, 0) is 31.0 Å². The second kappa shape index (κ2) is 9.37. The number of hydrogen-bond donors (Lipinski definition) is 0. The number of nitrogens with zero attached hydrogens (tertiary/aromatic N) is 2. The van der Waals surface area contributed by atoms with Crippen LogP contribution in [0.3, 0.4) is 0 Å². The van der Waals surface area contributed by atoms with Crippen LogP contribution in [0.25, 0.3) is 11.5 Å². The molecule has 1 heterocycles. The molecule has 5 nitrogen and oxygen atoms in total. The van der Waals surface area contributed by atoms with Gasteiger partial charge in [-0.2, -0.15) is 0 Å². The van der Waals surface area contributed by atoms with E-state index in [1.165, 1.54) is 17.3 Å². The first-order valence-corrected chi connectivity index (χ1v) is 10.0. The molecule has 3 rings (SSSR count). The fourth-order valence-corrected chi connectivity index (χ4v) is 3.32. The number of thioether (sulfide) groups is 1. The van der Waals surface area contributed by atoms with Crippen molar-refractivity contribution in [2.45, 2.75) is 31.9 Å². The summed E-state index contributed by atoms with van der Waals surface area (Å²) in [5, 5.41) is 8.49. The molecule has 0 atom stereocenters. The summed E-state index contributed by atoms with van der Waals surface area (Å²) in [6.07, 6.45) is 2.12. The van der Waals surface area contributed by atoms with Crippen LogP contribution in [0.1, 0.15) is 36.2 Å². The number of benzene rings is 2. The van der Waals surface area contributed by atoms with E-state index in [1.54, 1.807) is 0 Å². The molecule has 0 saturated carbocycles. The second-order valence-electron chi connectivity index (χ2n) is 5.96. The Balaban J connectivity index is 1.63. The molecule has 0 aliphatic rings. The minimum Gasteiger partial charge on any atom is -0.493 e. The maximum absolute atomic E-state index is 12.4. The van der Waals surface area contributed by atoms with Crippen molar-refractivity contribution < 1.29 is 13.9 Å². The van der Waals surface area contributed by atoms with E-state index in [4.69, 9.17) is 9.15 Å². The quantitative estimate of drug-likeness (QED) is 0.380. The monoisotopic (exact) mass is 382 g/mol. The number of carbonyl (C=O) groups excluding carboxylic acids is 1. The summed E-state index contributed by atoms with van der Waals surface area (Å²) < 4.78 is 11.3. The van der Waals surface area contributed by atoms with Gasteiger partial charge in [0.25, 0.3) is 11.1 Å². The van der Waals surface area contributed by atoms with Crippen LogP contribution in [0.5, 0.6) is 5.75 Å². The maximum Gasteiger partial charge on any atom is 0.277 e. The highest BCUT2D eigenvalue weighted by Gasteiger charge is 2.15. The van der Waals surface area contributed by atoms with Crippen LogP contribution in [0.2, 0.25) is 0 Å². The summed E-state index contributed by atoms with van der Waals surface area (Å²) in [5.74, 6) is 1.38. The molecule has 0 fully saturated rings. The number of aromatic nitrogens is 2. The summed E-state index contributed by atoms with van der Waals surface area (Å²) >= 11 is 1.24. The van der Waals surface area contributed by atoms with Crippen LogP contribution in [0.15, 0.2) is 58.2 Å². The number of para-hydroxylation sites is 1. The number of Topliss-reactive ketones (excluding diaryl/α,β-unsaturated/α-hetero) is 1. The fraction of sp³-hybridized carbons (Fsp3) is 0.286. The van der Waals surface area contributed by atoms with Crippen LogP contribution in [-0.4, -0.2) is 28.3 Å². The molecule has 0 unspecified atom stereocenters. The van der Waals surface area contributed by atoms with Crippen molar-refractivity contribution in [3.63, 3.8) is 0 Å². The number of ether oxygens (including phenoxy) is 1. The fourth-order valence-electron chi connectivity index (χ4n) is 2.66. The van der Waals surface area contributed by atoms with Gasteiger partial charge in [-0.1, -0.05) is 61.5 Å². The van der Waals surface area contributed by atoms with Gasteiger partial charge in [-0.3, -0.25) is 4.79 Å². The molecule has 2 aromatic carbocycles. The van der Waals surface area contributed by atoms with Gasteiger partial charge in [0, 0.05) is 5.56 Å². The van der Waals surface area contributed by atoms with Crippen molar-refractivity contribution in [2.24, 2.45) is 0 Å². The largest absolute Gasteiger partial charge is 0.493 e. The highest BCUT2D eigenvalue weighted by atomic mass is 32.2. The predicted molar refractivity (Wildman–Crippen MR) is 106 cm³/mol. The zero-order valence-electron chi connectivity index (χ0n) is 15.5. The molecule has 3 aromatic rings. The summed E-state index contributed by atoms with van der Waals surface area (Å²) in [6, 6.07) is 15.3. The van der Waals surface area contributed by atoms with Gasteiger partial charge >= 0.3 is 0 Å². The standard InChI is InChI=1S/C21H22N2O3S/c1-3-7-15-10-12-16(13-11-15)18(24)14-27-21-23-22-20(26-21)17-8-5-6-9-19(17)25-4-2/h5-6,8-13H,3-4,7,14H2,1-2H3. The average Bonchev–Trinajstić information content (AvgIpc) is 3.16. The van der Waals surface area contributed by atoms with Crippen molar-refractivity contribution in [2.75, 3.05) is 12.4 Å². The lowest BCUT2D eigenvalue weighted by atomic mass is 10.1. The minimum atomic E-state index is 0.0394. The number of ketones is 1. The van der Waals surface area contributed by atoms with Gasteiger partial charge in [0.05, 0.1) is 17.9 Å². The molecule has 0 bridgehead atoms. The van der Waals surface area contributed by atoms with E-state index in [1.807, 2.05) is 55.5 Å². The molecular formula is C21H22N2O3S. The Morgan fingerprint density at radius 2 is 1.85 bits per heavy atom. The third-order valence-electron chi connectivity index (χ3n) is 3.97. The van der Waals surface area contributed by atoms with E-state index in [0.717, 1.165) is 18.4 Å². The number of aryl methyl sites for hydroxylation is 1. The van der Waals surface area contributed by atoms with Gasteiger partial charge in [0.2, 0.25) is 0 Å². The van der Waals surface area contributed by atoms with Gasteiger partial charge in [0.1, 0.15) is 5.75 Å². The van der Waals surface area contributed by atoms with Crippen LogP contribution < -0.4 is 4.74 Å². The van der Waals surface area contributed by atoms with Crippen LogP contribution >= 0.6 is 11.8 Å². The van der Waals surface area contributed by atoms with E-state index < -0.39 is 0 Å². The second-order valence-corrected chi connectivity index (χ2v) is 6.89. The molecule has 0 aliphatic heterocycles. The number of carbonyl (C=O) groups is 1. The molecule has 0 radical (unpaired) electrons. The molecule has 0 amide bonds. The lowest BCUT2D eigenvalue weighted by molar-refractivity contribution is 0.102. The van der Waals surface area contributed by atoms with Crippen molar-refractivity contribution >= 4 is 17.5 Å². The van der Waals surface area contributed by atoms with Crippen molar-refractivity contribution in [1.82, 2.24) is 10.2 Å². The number of rotatable bonds is 9. The van der Waals surface area contributed by atoms with Gasteiger partial charge in [-0.15, -0.1) is 10.2 Å². The van der Waals surface area contributed by atoms with Crippen molar-refractivity contribution in [3.05, 3.63) is 59.7 Å². The van der Waals surface area contributed by atoms with Gasteiger partial charge in [-0.25, -0.2) is 0 Å². The van der Waals surface area contributed by atoms with Crippen molar-refractivity contribution in [1.29, 1.82) is 0 Å². The molecular weight excluding hydrogens is 360 g/mol. The Bertz CT molecular complexity index is 890. The number of hydrogen-bond acceptors (Lipinski definition) is 6. The van der Waals surface area contributed by atoms with Crippen LogP contribution in [0, 0.1) is 0 Å². The Hall–Kier alpha value is -2.60. The summed E-state index contributed by atoms with van der Waals surface area (Å²) in [6.45, 7) is 4.62. The van der Waals surface area contributed by atoms with E-state index in [2.05, 4.69) is 17.1 Å². The molecule has 0 aliphatic carbocycles. The molecule has 6 heteroatoms. The third-order valence-corrected chi connectivity index (χ3v) is 4.78. The first-order chi connectivity index (χ1) is 13.2. The highest BCUT2D eigenvalue weighted by molar-refractivity contribution is 7.99. The lowest BCUT2D eigenvalue weighted by Crippen LogP contribution is -2.02. The maximum atomic E-state index is 12.4. The molecule has 0 saturated heterocycles. The molecule has 0 N–H and O–H groups in total. The zero-order valence-corrected chi connectivity index (χ0v) is 16.3. The zero-order chi connectivity index (χ0) is 19.1. The summed E-state index contributed by atoms with van der Waals surface area (Å²) in [7, 11) is 0. The average molecular weight is 382 g/mol. The van der Waals surface area contributed by atoms with E-state index >= 15 is 0 Å². The van der Waals surface area contributed by atoms with E-state index in [9.17, 15) is 4.79 Å². The normalized spacial score (nSPS) is 10.7. The molecule has 0 spiro atoms. The Labute approximate surface area is 163 Å². The SMILES string of the molecule is CCCc1ccc(C(=O)CSc2nnc(-c3ccccc3OCC)o2)cc1. The molecule has 27 heavy (non-hydrogen) atoms. The minimum absolute atomic E-state index is 0.0394. The first kappa shape index (κ1) is 19.2. The predicted octanol–water partition coefficient (Wildman–Crippen LogP) is 5.06. The van der Waals surface area contributed by atoms with Gasteiger partial charge in [0.15, 0.2) is 5.78 Å². The van der Waals surface area contributed by atoms with Crippen molar-refractivity contribution in [3.8, 4) is 17.2 Å². The first-order valence-electron chi connectivity index (χ1n) is 9.02. The highest BCUT2D eigenvalue weighted by Crippen LogP contribution is 2.30. The Morgan fingerprint density at radius 1 is 1.07 bits per heavy atom. The Kier molecular flexibility index (Phi) is 6.65. The topological polar surface area (TPSA) is 65.2 Å². The lowest BCUT2D eigenvalue weighted by Gasteiger charge is -2.06. The molecule has 1 aromatic heterocycles. The Morgan fingerprint density at radius 3 is 2.59 bits per heavy atom. The smallest absolute Gasteiger partial charge is 0.277 e. The summed E-state index contributed by atoms with van der Waals surface area (Å²) in [4.78, 5) is 12.4. The third kappa shape index (κ3) is 4.98. The molecule has 140 valence electrons.